The smallest absolute Gasteiger partial charge is 0.222 e. The first-order valence-electron chi connectivity index (χ1n) is 5.83. The van der Waals surface area contributed by atoms with Crippen molar-refractivity contribution >= 4 is 5.91 Å². The van der Waals surface area contributed by atoms with E-state index < -0.39 is 5.54 Å². The van der Waals surface area contributed by atoms with Gasteiger partial charge >= 0.3 is 0 Å². The van der Waals surface area contributed by atoms with Crippen LogP contribution >= 0.6 is 0 Å². The minimum atomic E-state index is -0.443. The summed E-state index contributed by atoms with van der Waals surface area (Å²) in [6.07, 6.45) is 5.06. The summed E-state index contributed by atoms with van der Waals surface area (Å²) in [5.41, 5.74) is -0.443. The van der Waals surface area contributed by atoms with Crippen LogP contribution in [0.3, 0.4) is 0 Å². The molecule has 1 N–H and O–H groups in total. The van der Waals surface area contributed by atoms with E-state index in [1.807, 2.05) is 13.8 Å². The standard InChI is InChI=1S/C12H25NO2/c1-5-6-7-8-9-11(15)13(4)12(2,3)10-14/h14H,5-10H2,1-4H3. The molecule has 0 saturated heterocycles. The minimum Gasteiger partial charge on any atom is -0.394 e. The van der Waals surface area contributed by atoms with Gasteiger partial charge in [0.2, 0.25) is 5.91 Å². The van der Waals surface area contributed by atoms with Crippen LogP contribution in [0.25, 0.3) is 0 Å². The predicted octanol–water partition coefficient (Wildman–Crippen LogP) is 2.19. The summed E-state index contributed by atoms with van der Waals surface area (Å²) in [5, 5.41) is 9.13. The zero-order valence-corrected chi connectivity index (χ0v) is 10.5. The molecule has 0 fully saturated rings. The summed E-state index contributed by atoms with van der Waals surface area (Å²) in [5.74, 6) is 0.130. The van der Waals surface area contributed by atoms with Gasteiger partial charge in [0.15, 0.2) is 0 Å². The summed E-state index contributed by atoms with van der Waals surface area (Å²) < 4.78 is 0. The lowest BCUT2D eigenvalue weighted by molar-refractivity contribution is -0.136. The van der Waals surface area contributed by atoms with Crippen molar-refractivity contribution in [2.24, 2.45) is 0 Å². The molecule has 0 aromatic heterocycles. The number of unbranched alkanes of at least 4 members (excludes halogenated alkanes) is 3. The van der Waals surface area contributed by atoms with E-state index >= 15 is 0 Å². The second-order valence-electron chi connectivity index (χ2n) is 4.73. The molecule has 90 valence electrons. The van der Waals surface area contributed by atoms with Crippen LogP contribution in [-0.4, -0.2) is 35.1 Å². The number of likely N-dealkylation sites (N-methyl/N-ethyl adjacent to an activating group) is 1. The summed E-state index contributed by atoms with van der Waals surface area (Å²) in [6.45, 7) is 5.90. The van der Waals surface area contributed by atoms with Gasteiger partial charge in [-0.15, -0.1) is 0 Å². The molecular weight excluding hydrogens is 190 g/mol. The van der Waals surface area contributed by atoms with E-state index in [9.17, 15) is 4.79 Å². The number of rotatable bonds is 7. The maximum absolute atomic E-state index is 11.7. The predicted molar refractivity (Wildman–Crippen MR) is 62.7 cm³/mol. The van der Waals surface area contributed by atoms with E-state index in [1.54, 1.807) is 11.9 Å². The number of hydrogen-bond donors (Lipinski definition) is 1. The average molecular weight is 215 g/mol. The third-order valence-corrected chi connectivity index (χ3v) is 2.91. The van der Waals surface area contributed by atoms with Gasteiger partial charge in [-0.05, 0) is 20.3 Å². The number of hydrogen-bond acceptors (Lipinski definition) is 2. The molecule has 0 atom stereocenters. The van der Waals surface area contributed by atoms with Gasteiger partial charge in [0, 0.05) is 13.5 Å². The van der Waals surface area contributed by atoms with Gasteiger partial charge in [0.05, 0.1) is 12.1 Å². The Balaban J connectivity index is 3.89. The zero-order valence-electron chi connectivity index (χ0n) is 10.5. The molecule has 3 heteroatoms. The van der Waals surface area contributed by atoms with Crippen LogP contribution in [0, 0.1) is 0 Å². The number of carbonyl (C=O) groups excluding carboxylic acids is 1. The molecule has 0 aliphatic carbocycles. The second kappa shape index (κ2) is 6.83. The van der Waals surface area contributed by atoms with Gasteiger partial charge < -0.3 is 10.0 Å². The first kappa shape index (κ1) is 14.4. The molecule has 3 nitrogen and oxygen atoms in total. The molecule has 0 aromatic rings. The highest BCUT2D eigenvalue weighted by Crippen LogP contribution is 2.14. The maximum Gasteiger partial charge on any atom is 0.222 e. The molecule has 0 aliphatic heterocycles. The highest BCUT2D eigenvalue weighted by atomic mass is 16.3. The Morgan fingerprint density at radius 2 is 1.87 bits per heavy atom. The SMILES string of the molecule is CCCCCCC(=O)N(C)C(C)(C)CO. The monoisotopic (exact) mass is 215 g/mol. The Kier molecular flexibility index (Phi) is 6.57. The molecule has 0 aromatic carbocycles. The molecular formula is C12H25NO2. The summed E-state index contributed by atoms with van der Waals surface area (Å²) >= 11 is 0. The van der Waals surface area contributed by atoms with Crippen molar-refractivity contribution in [3.05, 3.63) is 0 Å². The fourth-order valence-electron chi connectivity index (χ4n) is 1.31. The van der Waals surface area contributed by atoms with Crippen LogP contribution in [0.15, 0.2) is 0 Å². The van der Waals surface area contributed by atoms with E-state index in [1.165, 1.54) is 12.8 Å². The lowest BCUT2D eigenvalue weighted by Gasteiger charge is -2.34. The van der Waals surface area contributed by atoms with Crippen LogP contribution in [0.1, 0.15) is 52.9 Å². The quantitative estimate of drug-likeness (QED) is 0.661. The Hall–Kier alpha value is -0.570. The number of aliphatic hydroxyl groups excluding tert-OH is 1. The van der Waals surface area contributed by atoms with Crippen molar-refractivity contribution in [3.63, 3.8) is 0 Å². The van der Waals surface area contributed by atoms with Crippen molar-refractivity contribution in [3.8, 4) is 0 Å². The van der Waals surface area contributed by atoms with Crippen molar-refractivity contribution in [2.45, 2.75) is 58.4 Å². The fraction of sp³-hybridized carbons (Fsp3) is 0.917. The van der Waals surface area contributed by atoms with E-state index in [0.717, 1.165) is 12.8 Å². The summed E-state index contributed by atoms with van der Waals surface area (Å²) in [7, 11) is 1.76. The molecule has 15 heavy (non-hydrogen) atoms. The van der Waals surface area contributed by atoms with Gasteiger partial charge in [-0.1, -0.05) is 26.2 Å². The Morgan fingerprint density at radius 3 is 2.33 bits per heavy atom. The maximum atomic E-state index is 11.7. The van der Waals surface area contributed by atoms with E-state index in [2.05, 4.69) is 6.92 Å². The van der Waals surface area contributed by atoms with Crippen molar-refractivity contribution in [1.29, 1.82) is 0 Å². The molecule has 0 radical (unpaired) electrons. The first-order valence-corrected chi connectivity index (χ1v) is 5.83. The normalized spacial score (nSPS) is 11.5. The topological polar surface area (TPSA) is 40.5 Å². The van der Waals surface area contributed by atoms with Crippen LogP contribution in [0.5, 0.6) is 0 Å². The molecule has 0 spiro atoms. The Labute approximate surface area is 93.5 Å². The van der Waals surface area contributed by atoms with E-state index in [-0.39, 0.29) is 12.5 Å². The lowest BCUT2D eigenvalue weighted by atomic mass is 10.0. The molecule has 0 saturated carbocycles. The van der Waals surface area contributed by atoms with Crippen LogP contribution in [-0.2, 0) is 4.79 Å². The number of carbonyl (C=O) groups is 1. The Bertz CT molecular complexity index is 190. The highest BCUT2D eigenvalue weighted by Gasteiger charge is 2.25. The highest BCUT2D eigenvalue weighted by molar-refractivity contribution is 5.76. The van der Waals surface area contributed by atoms with Gasteiger partial charge in [-0.3, -0.25) is 4.79 Å². The third-order valence-electron chi connectivity index (χ3n) is 2.91. The van der Waals surface area contributed by atoms with Crippen molar-refractivity contribution in [2.75, 3.05) is 13.7 Å². The van der Waals surface area contributed by atoms with Gasteiger partial charge in [0.1, 0.15) is 0 Å². The number of amides is 1. The van der Waals surface area contributed by atoms with Crippen LogP contribution in [0.2, 0.25) is 0 Å². The lowest BCUT2D eigenvalue weighted by Crippen LogP contribution is -2.47. The summed E-state index contributed by atoms with van der Waals surface area (Å²) in [4.78, 5) is 13.4. The van der Waals surface area contributed by atoms with Crippen LogP contribution in [0.4, 0.5) is 0 Å². The minimum absolute atomic E-state index is 0.00417. The second-order valence-corrected chi connectivity index (χ2v) is 4.73. The molecule has 0 unspecified atom stereocenters. The average Bonchev–Trinajstić information content (AvgIpc) is 2.23. The molecule has 0 bridgehead atoms. The molecule has 1 amide bonds. The first-order chi connectivity index (χ1) is 6.95. The molecule has 0 rings (SSSR count). The van der Waals surface area contributed by atoms with Gasteiger partial charge in [0.25, 0.3) is 0 Å². The summed E-state index contributed by atoms with van der Waals surface area (Å²) in [6, 6.07) is 0. The zero-order chi connectivity index (χ0) is 11.9. The van der Waals surface area contributed by atoms with Gasteiger partial charge in [-0.2, -0.15) is 0 Å². The van der Waals surface area contributed by atoms with Gasteiger partial charge in [-0.25, -0.2) is 0 Å². The third kappa shape index (κ3) is 5.17. The van der Waals surface area contributed by atoms with E-state index in [4.69, 9.17) is 5.11 Å². The Morgan fingerprint density at radius 1 is 1.27 bits per heavy atom. The van der Waals surface area contributed by atoms with E-state index in [0.29, 0.717) is 6.42 Å². The molecule has 0 heterocycles. The van der Waals surface area contributed by atoms with Crippen molar-refractivity contribution in [1.82, 2.24) is 4.90 Å². The largest absolute Gasteiger partial charge is 0.394 e. The number of nitrogens with zero attached hydrogens (tertiary/aromatic N) is 1. The van der Waals surface area contributed by atoms with Crippen molar-refractivity contribution < 1.29 is 9.90 Å². The van der Waals surface area contributed by atoms with Crippen LogP contribution < -0.4 is 0 Å². The fourth-order valence-corrected chi connectivity index (χ4v) is 1.31. The molecule has 0 aliphatic rings. The number of aliphatic hydroxyl groups is 1.